The van der Waals surface area contributed by atoms with E-state index < -0.39 is 0 Å². The fraction of sp³-hybridized carbons (Fsp3) is 0.571. The molecule has 2 aliphatic rings. The monoisotopic (exact) mass is 326 g/mol. The summed E-state index contributed by atoms with van der Waals surface area (Å²) < 4.78 is 0.728. The molecule has 2 N–H and O–H groups in total. The Labute approximate surface area is 133 Å². The average Bonchev–Trinajstić information content (AvgIpc) is 3.12. The second-order valence-corrected chi connectivity index (χ2v) is 6.95. The lowest BCUT2D eigenvalue weighted by molar-refractivity contribution is 0.264. The third-order valence-corrected chi connectivity index (χ3v) is 5.49. The first kappa shape index (κ1) is 15.0. The SMILES string of the molecule is Cl.O=c1[nH]c(CN2CCC3(CCNC3)C2)nc2ccsc12. The van der Waals surface area contributed by atoms with Crippen molar-refractivity contribution in [3.8, 4) is 0 Å². The summed E-state index contributed by atoms with van der Waals surface area (Å²) in [5.41, 5.74) is 1.29. The van der Waals surface area contributed by atoms with E-state index in [2.05, 4.69) is 20.2 Å². The van der Waals surface area contributed by atoms with Crippen LogP contribution < -0.4 is 10.9 Å². The molecule has 5 nitrogen and oxygen atoms in total. The molecule has 0 saturated carbocycles. The summed E-state index contributed by atoms with van der Waals surface area (Å²) in [6, 6.07) is 1.92. The van der Waals surface area contributed by atoms with Gasteiger partial charge < -0.3 is 10.3 Å². The molecule has 2 saturated heterocycles. The molecule has 1 spiro atoms. The molecule has 0 bridgehead atoms. The van der Waals surface area contributed by atoms with Crippen LogP contribution in [0.3, 0.4) is 0 Å². The lowest BCUT2D eigenvalue weighted by atomic mass is 9.87. The maximum Gasteiger partial charge on any atom is 0.268 e. The number of hydrogen-bond donors (Lipinski definition) is 2. The highest BCUT2D eigenvalue weighted by molar-refractivity contribution is 7.17. The summed E-state index contributed by atoms with van der Waals surface area (Å²) in [6.45, 7) is 5.25. The second-order valence-electron chi connectivity index (χ2n) is 6.04. The van der Waals surface area contributed by atoms with E-state index in [1.54, 1.807) is 0 Å². The molecule has 4 rings (SSSR count). The minimum Gasteiger partial charge on any atom is -0.316 e. The van der Waals surface area contributed by atoms with Crippen molar-refractivity contribution in [3.05, 3.63) is 27.6 Å². The van der Waals surface area contributed by atoms with Crippen LogP contribution in [0.1, 0.15) is 18.7 Å². The predicted molar refractivity (Wildman–Crippen MR) is 87.3 cm³/mol. The molecule has 21 heavy (non-hydrogen) atoms. The molecular formula is C14H19ClN4OS. The maximum absolute atomic E-state index is 12.0. The van der Waals surface area contributed by atoms with Gasteiger partial charge >= 0.3 is 0 Å². The van der Waals surface area contributed by atoms with Crippen LogP contribution in [0.2, 0.25) is 0 Å². The maximum atomic E-state index is 12.0. The summed E-state index contributed by atoms with van der Waals surface area (Å²) in [4.78, 5) is 21.9. The Bertz CT molecular complexity index is 692. The van der Waals surface area contributed by atoms with E-state index in [0.717, 1.165) is 48.8 Å². The number of nitrogens with one attached hydrogen (secondary N) is 2. The summed E-state index contributed by atoms with van der Waals surface area (Å²) in [5, 5.41) is 5.39. The zero-order valence-electron chi connectivity index (χ0n) is 11.7. The number of halogens is 1. The van der Waals surface area contributed by atoms with E-state index in [1.165, 1.54) is 24.2 Å². The van der Waals surface area contributed by atoms with Crippen LogP contribution in [-0.4, -0.2) is 41.0 Å². The number of thiophene rings is 1. The van der Waals surface area contributed by atoms with Crippen molar-refractivity contribution < 1.29 is 0 Å². The number of fused-ring (bicyclic) bond motifs is 1. The van der Waals surface area contributed by atoms with Crippen LogP contribution in [0.25, 0.3) is 10.2 Å². The highest BCUT2D eigenvalue weighted by Gasteiger charge is 2.40. The molecule has 2 fully saturated rings. The van der Waals surface area contributed by atoms with Crippen LogP contribution in [-0.2, 0) is 6.54 Å². The largest absolute Gasteiger partial charge is 0.316 e. The molecular weight excluding hydrogens is 308 g/mol. The normalized spacial score (nSPS) is 25.7. The van der Waals surface area contributed by atoms with Crippen LogP contribution in [0.4, 0.5) is 0 Å². The Hall–Kier alpha value is -0.950. The van der Waals surface area contributed by atoms with Crippen LogP contribution >= 0.6 is 23.7 Å². The zero-order valence-corrected chi connectivity index (χ0v) is 13.4. The van der Waals surface area contributed by atoms with E-state index in [9.17, 15) is 4.79 Å². The highest BCUT2D eigenvalue weighted by Crippen LogP contribution is 2.36. The minimum absolute atomic E-state index is 0. The molecule has 1 atom stereocenters. The van der Waals surface area contributed by atoms with Gasteiger partial charge in [0.05, 0.1) is 12.1 Å². The van der Waals surface area contributed by atoms with Gasteiger partial charge in [-0.25, -0.2) is 4.98 Å². The van der Waals surface area contributed by atoms with Crippen molar-refractivity contribution in [3.63, 3.8) is 0 Å². The predicted octanol–water partition coefficient (Wildman–Crippen LogP) is 1.59. The van der Waals surface area contributed by atoms with Gasteiger partial charge in [-0.15, -0.1) is 23.7 Å². The molecule has 2 aromatic rings. The van der Waals surface area contributed by atoms with Gasteiger partial charge in [0.15, 0.2) is 0 Å². The van der Waals surface area contributed by atoms with Crippen molar-refractivity contribution in [2.45, 2.75) is 19.4 Å². The first-order valence-corrected chi connectivity index (χ1v) is 8.02. The van der Waals surface area contributed by atoms with E-state index in [0.29, 0.717) is 5.41 Å². The average molecular weight is 327 g/mol. The Morgan fingerprint density at radius 2 is 2.33 bits per heavy atom. The molecule has 114 valence electrons. The Morgan fingerprint density at radius 1 is 1.43 bits per heavy atom. The van der Waals surface area contributed by atoms with Gasteiger partial charge in [0.2, 0.25) is 0 Å². The van der Waals surface area contributed by atoms with E-state index >= 15 is 0 Å². The molecule has 0 amide bonds. The van der Waals surface area contributed by atoms with Gasteiger partial charge in [-0.2, -0.15) is 0 Å². The first-order chi connectivity index (χ1) is 9.74. The number of rotatable bonds is 2. The summed E-state index contributed by atoms with van der Waals surface area (Å²) in [6.07, 6.45) is 2.53. The third kappa shape index (κ3) is 2.73. The lowest BCUT2D eigenvalue weighted by Crippen LogP contribution is -2.29. The molecule has 2 aromatic heterocycles. The van der Waals surface area contributed by atoms with Crippen LogP contribution in [0, 0.1) is 5.41 Å². The first-order valence-electron chi connectivity index (χ1n) is 7.14. The van der Waals surface area contributed by atoms with Gasteiger partial charge in [0.1, 0.15) is 10.5 Å². The van der Waals surface area contributed by atoms with Crippen molar-refractivity contribution in [1.29, 1.82) is 0 Å². The number of aromatic nitrogens is 2. The fourth-order valence-corrected chi connectivity index (χ4v) is 4.24. The molecule has 0 radical (unpaired) electrons. The zero-order chi connectivity index (χ0) is 13.6. The highest BCUT2D eigenvalue weighted by atomic mass is 35.5. The van der Waals surface area contributed by atoms with Crippen LogP contribution in [0.5, 0.6) is 0 Å². The van der Waals surface area contributed by atoms with Gasteiger partial charge in [-0.3, -0.25) is 9.69 Å². The molecule has 1 unspecified atom stereocenters. The Kier molecular flexibility index (Phi) is 4.05. The van der Waals surface area contributed by atoms with Crippen molar-refractivity contribution in [2.75, 3.05) is 26.2 Å². The lowest BCUT2D eigenvalue weighted by Gasteiger charge is -2.22. The van der Waals surface area contributed by atoms with Gasteiger partial charge in [0, 0.05) is 13.1 Å². The van der Waals surface area contributed by atoms with Gasteiger partial charge in [-0.1, -0.05) is 0 Å². The second kappa shape index (κ2) is 5.68. The topological polar surface area (TPSA) is 61.0 Å². The number of likely N-dealkylation sites (tertiary alicyclic amines) is 1. The van der Waals surface area contributed by atoms with Gasteiger partial charge in [-0.05, 0) is 42.8 Å². The van der Waals surface area contributed by atoms with Gasteiger partial charge in [0.25, 0.3) is 5.56 Å². The summed E-state index contributed by atoms with van der Waals surface area (Å²) in [7, 11) is 0. The quantitative estimate of drug-likeness (QED) is 0.880. The molecule has 0 aromatic carbocycles. The van der Waals surface area contributed by atoms with Crippen molar-refractivity contribution in [2.24, 2.45) is 5.41 Å². The molecule has 7 heteroatoms. The Balaban J connectivity index is 0.00000132. The smallest absolute Gasteiger partial charge is 0.268 e. The van der Waals surface area contributed by atoms with E-state index in [1.807, 2.05) is 11.4 Å². The Morgan fingerprint density at radius 3 is 3.14 bits per heavy atom. The van der Waals surface area contributed by atoms with Crippen LogP contribution in [0.15, 0.2) is 16.2 Å². The fourth-order valence-electron chi connectivity index (χ4n) is 3.51. The molecule has 0 aliphatic carbocycles. The molecule has 2 aliphatic heterocycles. The van der Waals surface area contributed by atoms with Crippen molar-refractivity contribution in [1.82, 2.24) is 20.2 Å². The number of hydrogen-bond acceptors (Lipinski definition) is 5. The standard InChI is InChI=1S/C14H18N4OS.ClH/c19-13-12-10(1-6-20-12)16-11(17-13)7-18-5-3-14(9-18)2-4-15-8-14;/h1,6,15H,2-5,7-9H2,(H,16,17,19);1H. The van der Waals surface area contributed by atoms with E-state index in [-0.39, 0.29) is 18.0 Å². The number of aromatic amines is 1. The van der Waals surface area contributed by atoms with E-state index in [4.69, 9.17) is 0 Å². The number of nitrogens with zero attached hydrogens (tertiary/aromatic N) is 2. The minimum atomic E-state index is -0.00329. The summed E-state index contributed by atoms with van der Waals surface area (Å²) in [5.74, 6) is 0.795. The number of H-pyrrole nitrogens is 1. The van der Waals surface area contributed by atoms with Crippen molar-refractivity contribution >= 4 is 34.0 Å². The summed E-state index contributed by atoms with van der Waals surface area (Å²) >= 11 is 1.45. The molecule has 4 heterocycles. The third-order valence-electron chi connectivity index (χ3n) is 4.59.